The van der Waals surface area contributed by atoms with Crippen LogP contribution in [0.2, 0.25) is 0 Å². The summed E-state index contributed by atoms with van der Waals surface area (Å²) in [4.78, 5) is 19.0. The van der Waals surface area contributed by atoms with E-state index in [9.17, 15) is 18.0 Å². The van der Waals surface area contributed by atoms with Gasteiger partial charge in [-0.1, -0.05) is 0 Å². The highest BCUT2D eigenvalue weighted by Crippen LogP contribution is 2.32. The molecule has 0 fully saturated rings. The average molecular weight is 203 g/mol. The molecule has 7 heteroatoms. The summed E-state index contributed by atoms with van der Waals surface area (Å²) in [5.74, 6) is 0. The number of hydrogen-bond acceptors (Lipinski definition) is 2. The van der Waals surface area contributed by atoms with E-state index in [1.165, 1.54) is 0 Å². The SMILES string of the molecule is O=c1[nH]cnc2[nH]cc(C(F)(F)F)c12. The van der Waals surface area contributed by atoms with E-state index in [-0.39, 0.29) is 5.65 Å². The predicted octanol–water partition coefficient (Wildman–Crippen LogP) is 1.27. The lowest BCUT2D eigenvalue weighted by Crippen LogP contribution is -2.11. The van der Waals surface area contributed by atoms with Gasteiger partial charge in [-0.2, -0.15) is 13.2 Å². The van der Waals surface area contributed by atoms with Crippen LogP contribution in [-0.2, 0) is 6.18 Å². The molecule has 0 spiro atoms. The van der Waals surface area contributed by atoms with Crippen molar-refractivity contribution >= 4 is 11.0 Å². The Bertz CT molecular complexity index is 525. The maximum Gasteiger partial charge on any atom is 0.418 e. The predicted molar refractivity (Wildman–Crippen MR) is 41.7 cm³/mol. The van der Waals surface area contributed by atoms with Crippen molar-refractivity contribution in [3.05, 3.63) is 28.4 Å². The Labute approximate surface area is 74.8 Å². The number of hydrogen-bond donors (Lipinski definition) is 2. The molecule has 74 valence electrons. The van der Waals surface area contributed by atoms with Crippen LogP contribution in [0, 0.1) is 0 Å². The van der Waals surface area contributed by atoms with Gasteiger partial charge < -0.3 is 9.97 Å². The molecule has 2 heterocycles. The zero-order valence-electron chi connectivity index (χ0n) is 6.64. The number of aromatic nitrogens is 3. The number of nitrogens with one attached hydrogen (secondary N) is 2. The first-order valence-corrected chi connectivity index (χ1v) is 3.62. The quantitative estimate of drug-likeness (QED) is 0.677. The maximum absolute atomic E-state index is 12.3. The van der Waals surface area contributed by atoms with Crippen molar-refractivity contribution in [3.8, 4) is 0 Å². The molecule has 0 atom stereocenters. The van der Waals surface area contributed by atoms with Crippen LogP contribution >= 0.6 is 0 Å². The summed E-state index contributed by atoms with van der Waals surface area (Å²) in [6.07, 6.45) is -2.78. The second-order valence-corrected chi connectivity index (χ2v) is 2.66. The fraction of sp³-hybridized carbons (Fsp3) is 0.143. The van der Waals surface area contributed by atoms with Crippen molar-refractivity contribution in [3.63, 3.8) is 0 Å². The molecule has 0 saturated carbocycles. The van der Waals surface area contributed by atoms with Crippen LogP contribution < -0.4 is 5.56 Å². The van der Waals surface area contributed by atoms with Gasteiger partial charge in [-0.3, -0.25) is 4.79 Å². The van der Waals surface area contributed by atoms with Crippen molar-refractivity contribution in [1.29, 1.82) is 0 Å². The first-order valence-electron chi connectivity index (χ1n) is 3.62. The summed E-state index contributed by atoms with van der Waals surface area (Å²) >= 11 is 0. The number of fused-ring (bicyclic) bond motifs is 1. The zero-order valence-corrected chi connectivity index (χ0v) is 6.64. The highest BCUT2D eigenvalue weighted by Gasteiger charge is 2.34. The second-order valence-electron chi connectivity index (χ2n) is 2.66. The van der Waals surface area contributed by atoms with Crippen LogP contribution in [0.15, 0.2) is 17.3 Å². The molecule has 0 unspecified atom stereocenters. The Morgan fingerprint density at radius 1 is 1.29 bits per heavy atom. The Morgan fingerprint density at radius 2 is 2.00 bits per heavy atom. The number of halogens is 3. The molecule has 2 aromatic rings. The minimum absolute atomic E-state index is 0.0684. The van der Waals surface area contributed by atoms with Crippen LogP contribution in [0.5, 0.6) is 0 Å². The van der Waals surface area contributed by atoms with E-state index in [1.54, 1.807) is 0 Å². The summed E-state index contributed by atoms with van der Waals surface area (Å²) in [5, 5.41) is -0.458. The van der Waals surface area contributed by atoms with Gasteiger partial charge in [0.05, 0.1) is 17.3 Å². The molecule has 0 aliphatic heterocycles. The monoisotopic (exact) mass is 203 g/mol. The summed E-state index contributed by atoms with van der Waals surface area (Å²) in [6, 6.07) is 0. The third-order valence-corrected chi connectivity index (χ3v) is 1.78. The zero-order chi connectivity index (χ0) is 10.3. The molecule has 0 aliphatic carbocycles. The molecular formula is C7H4F3N3O. The number of nitrogens with zero attached hydrogens (tertiary/aromatic N) is 1. The second kappa shape index (κ2) is 2.60. The van der Waals surface area contributed by atoms with Crippen molar-refractivity contribution in [2.24, 2.45) is 0 Å². The molecule has 2 rings (SSSR count). The van der Waals surface area contributed by atoms with Crippen molar-refractivity contribution in [2.45, 2.75) is 6.18 Å². The fourth-order valence-electron chi connectivity index (χ4n) is 1.20. The fourth-order valence-corrected chi connectivity index (χ4v) is 1.20. The molecule has 0 aliphatic rings. The van der Waals surface area contributed by atoms with Gasteiger partial charge in [0.15, 0.2) is 0 Å². The van der Waals surface area contributed by atoms with Crippen LogP contribution in [-0.4, -0.2) is 15.0 Å². The minimum Gasteiger partial charge on any atom is -0.345 e. The van der Waals surface area contributed by atoms with Gasteiger partial charge in [-0.05, 0) is 0 Å². The summed E-state index contributed by atoms with van der Waals surface area (Å²) < 4.78 is 37.0. The summed E-state index contributed by atoms with van der Waals surface area (Å²) in [5.41, 5.74) is -1.87. The molecule has 2 aromatic heterocycles. The van der Waals surface area contributed by atoms with E-state index in [4.69, 9.17) is 0 Å². The lowest BCUT2D eigenvalue weighted by molar-refractivity contribution is -0.136. The summed E-state index contributed by atoms with van der Waals surface area (Å²) in [6.45, 7) is 0. The van der Waals surface area contributed by atoms with Crippen molar-refractivity contribution < 1.29 is 13.2 Å². The van der Waals surface area contributed by atoms with Crippen LogP contribution in [0.3, 0.4) is 0 Å². The Balaban J connectivity index is 2.87. The standard InChI is InChI=1S/C7H4F3N3O/c8-7(9,10)3-1-11-5-4(3)6(14)13-2-12-5/h1-2H,(H2,11,12,13,14). The molecule has 0 saturated heterocycles. The molecule has 0 bridgehead atoms. The Morgan fingerprint density at radius 3 is 2.64 bits per heavy atom. The van der Waals surface area contributed by atoms with Gasteiger partial charge in [0.25, 0.3) is 5.56 Å². The smallest absolute Gasteiger partial charge is 0.345 e. The third-order valence-electron chi connectivity index (χ3n) is 1.78. The van der Waals surface area contributed by atoms with Gasteiger partial charge in [-0.25, -0.2) is 4.98 Å². The van der Waals surface area contributed by atoms with Crippen LogP contribution in [0.1, 0.15) is 5.56 Å². The van der Waals surface area contributed by atoms with Gasteiger partial charge in [0, 0.05) is 6.20 Å². The largest absolute Gasteiger partial charge is 0.418 e. The van der Waals surface area contributed by atoms with E-state index >= 15 is 0 Å². The van der Waals surface area contributed by atoms with E-state index < -0.39 is 22.7 Å². The Kier molecular flexibility index (Phi) is 1.63. The number of aromatic amines is 2. The molecule has 2 N–H and O–H groups in total. The lowest BCUT2D eigenvalue weighted by Gasteiger charge is -2.02. The van der Waals surface area contributed by atoms with Gasteiger partial charge >= 0.3 is 6.18 Å². The minimum atomic E-state index is -4.55. The van der Waals surface area contributed by atoms with Crippen LogP contribution in [0.4, 0.5) is 13.2 Å². The topological polar surface area (TPSA) is 61.5 Å². The van der Waals surface area contributed by atoms with Gasteiger partial charge in [0.1, 0.15) is 5.65 Å². The number of rotatable bonds is 0. The maximum atomic E-state index is 12.3. The van der Waals surface area contributed by atoms with E-state index in [1.807, 2.05) is 0 Å². The highest BCUT2D eigenvalue weighted by atomic mass is 19.4. The molecule has 4 nitrogen and oxygen atoms in total. The van der Waals surface area contributed by atoms with Crippen molar-refractivity contribution in [1.82, 2.24) is 15.0 Å². The van der Waals surface area contributed by atoms with E-state index in [2.05, 4.69) is 15.0 Å². The number of H-pyrrole nitrogens is 2. The van der Waals surface area contributed by atoms with Crippen LogP contribution in [0.25, 0.3) is 11.0 Å². The van der Waals surface area contributed by atoms with E-state index in [0.717, 1.165) is 12.5 Å². The third kappa shape index (κ3) is 1.17. The normalized spacial score (nSPS) is 12.2. The molecule has 0 aromatic carbocycles. The number of alkyl halides is 3. The molecule has 0 amide bonds. The molecule has 14 heavy (non-hydrogen) atoms. The summed E-state index contributed by atoms with van der Waals surface area (Å²) in [7, 11) is 0. The van der Waals surface area contributed by atoms with E-state index in [0.29, 0.717) is 0 Å². The first kappa shape index (κ1) is 8.79. The lowest BCUT2D eigenvalue weighted by atomic mass is 10.2. The van der Waals surface area contributed by atoms with Crippen molar-refractivity contribution in [2.75, 3.05) is 0 Å². The van der Waals surface area contributed by atoms with Gasteiger partial charge in [0.2, 0.25) is 0 Å². The average Bonchev–Trinajstić information content (AvgIpc) is 2.47. The first-order chi connectivity index (χ1) is 6.50. The molecule has 0 radical (unpaired) electrons. The Hall–Kier alpha value is -1.79. The molecular weight excluding hydrogens is 199 g/mol. The highest BCUT2D eigenvalue weighted by molar-refractivity contribution is 5.78. The van der Waals surface area contributed by atoms with Gasteiger partial charge in [-0.15, -0.1) is 0 Å².